The summed E-state index contributed by atoms with van der Waals surface area (Å²) in [5.41, 5.74) is 0.175. The monoisotopic (exact) mass is 299 g/mol. The minimum atomic E-state index is -4.26. The second-order valence-electron chi connectivity index (χ2n) is 6.05. The van der Waals surface area contributed by atoms with Gasteiger partial charge >= 0.3 is 6.18 Å². The Morgan fingerprint density at radius 3 is 2.33 bits per heavy atom. The van der Waals surface area contributed by atoms with Crippen LogP contribution in [0.4, 0.5) is 13.2 Å². The highest BCUT2D eigenvalue weighted by Crippen LogP contribution is 2.40. The van der Waals surface area contributed by atoms with Gasteiger partial charge in [-0.15, -0.1) is 0 Å². The number of alkyl halides is 3. The lowest BCUT2D eigenvalue weighted by atomic mass is 9.73. The third-order valence-electron chi connectivity index (χ3n) is 4.58. The van der Waals surface area contributed by atoms with Gasteiger partial charge in [0.2, 0.25) is 0 Å². The maximum atomic E-state index is 13.0. The molecule has 1 fully saturated rings. The topological polar surface area (TPSA) is 12.0 Å². The maximum absolute atomic E-state index is 13.0. The molecule has 0 heterocycles. The molecule has 1 saturated carbocycles. The van der Waals surface area contributed by atoms with Gasteiger partial charge in [0.05, 0.1) is 5.56 Å². The second kappa shape index (κ2) is 6.82. The Bertz CT molecular complexity index is 446. The quantitative estimate of drug-likeness (QED) is 0.779. The van der Waals surface area contributed by atoms with Crippen LogP contribution in [-0.2, 0) is 11.6 Å². The van der Waals surface area contributed by atoms with Crippen molar-refractivity contribution < 1.29 is 13.2 Å². The van der Waals surface area contributed by atoms with Crippen molar-refractivity contribution in [1.82, 2.24) is 5.32 Å². The summed E-state index contributed by atoms with van der Waals surface area (Å²) in [4.78, 5) is 0. The van der Waals surface area contributed by atoms with Crippen LogP contribution in [-0.4, -0.2) is 13.1 Å². The van der Waals surface area contributed by atoms with Crippen molar-refractivity contribution in [3.05, 3.63) is 35.4 Å². The van der Waals surface area contributed by atoms with Crippen LogP contribution in [0.25, 0.3) is 0 Å². The molecule has 0 atom stereocenters. The highest BCUT2D eigenvalue weighted by atomic mass is 19.4. The van der Waals surface area contributed by atoms with E-state index in [0.29, 0.717) is 0 Å². The van der Waals surface area contributed by atoms with Crippen molar-refractivity contribution in [1.29, 1.82) is 0 Å². The average molecular weight is 299 g/mol. The van der Waals surface area contributed by atoms with Gasteiger partial charge in [0.1, 0.15) is 0 Å². The van der Waals surface area contributed by atoms with Crippen LogP contribution >= 0.6 is 0 Å². The molecule has 0 aliphatic heterocycles. The van der Waals surface area contributed by atoms with E-state index in [-0.39, 0.29) is 5.41 Å². The van der Waals surface area contributed by atoms with Gasteiger partial charge in [0.25, 0.3) is 0 Å². The average Bonchev–Trinajstić information content (AvgIpc) is 2.71. The van der Waals surface area contributed by atoms with Crippen LogP contribution in [0.2, 0.25) is 0 Å². The molecule has 4 heteroatoms. The van der Waals surface area contributed by atoms with Gasteiger partial charge in [0.15, 0.2) is 0 Å². The third-order valence-corrected chi connectivity index (χ3v) is 4.58. The lowest BCUT2D eigenvalue weighted by Gasteiger charge is -2.34. The zero-order chi connectivity index (χ0) is 15.3. The first-order valence-electron chi connectivity index (χ1n) is 7.86. The first-order valence-corrected chi connectivity index (χ1v) is 7.86. The molecule has 1 nitrogen and oxygen atoms in total. The molecule has 0 unspecified atom stereocenters. The van der Waals surface area contributed by atoms with Gasteiger partial charge in [-0.1, -0.05) is 50.8 Å². The number of hydrogen-bond acceptors (Lipinski definition) is 1. The molecular weight excluding hydrogens is 275 g/mol. The molecule has 2 rings (SSSR count). The van der Waals surface area contributed by atoms with Crippen molar-refractivity contribution in [3.8, 4) is 0 Å². The summed E-state index contributed by atoms with van der Waals surface area (Å²) in [6, 6.07) is 5.96. The van der Waals surface area contributed by atoms with E-state index in [4.69, 9.17) is 0 Å². The van der Waals surface area contributed by atoms with Crippen molar-refractivity contribution in [2.75, 3.05) is 13.1 Å². The molecule has 118 valence electrons. The zero-order valence-electron chi connectivity index (χ0n) is 12.6. The van der Waals surface area contributed by atoms with Gasteiger partial charge in [-0.05, 0) is 31.0 Å². The largest absolute Gasteiger partial charge is 0.416 e. The number of benzene rings is 1. The number of halogens is 3. The predicted molar refractivity (Wildman–Crippen MR) is 79.4 cm³/mol. The van der Waals surface area contributed by atoms with Crippen LogP contribution in [0.1, 0.15) is 56.6 Å². The summed E-state index contributed by atoms with van der Waals surface area (Å²) in [6.45, 7) is 3.65. The predicted octanol–water partition coefficient (Wildman–Crippen LogP) is 4.91. The SMILES string of the molecule is CCNCC1(c2cccc(C(F)(F)F)c2)CCCCCC1. The molecule has 1 aliphatic rings. The summed E-state index contributed by atoms with van der Waals surface area (Å²) in [7, 11) is 0. The van der Waals surface area contributed by atoms with Crippen LogP contribution in [0.3, 0.4) is 0 Å². The second-order valence-corrected chi connectivity index (χ2v) is 6.05. The van der Waals surface area contributed by atoms with Crippen LogP contribution < -0.4 is 5.32 Å². The smallest absolute Gasteiger partial charge is 0.316 e. The fourth-order valence-corrected chi connectivity index (χ4v) is 3.36. The molecule has 0 amide bonds. The normalized spacial score (nSPS) is 19.2. The van der Waals surface area contributed by atoms with E-state index in [0.717, 1.165) is 44.3 Å². The minimum absolute atomic E-state index is 0.145. The third kappa shape index (κ3) is 4.00. The lowest BCUT2D eigenvalue weighted by Crippen LogP contribution is -2.38. The summed E-state index contributed by atoms with van der Waals surface area (Å²) < 4.78 is 38.9. The van der Waals surface area contributed by atoms with E-state index >= 15 is 0 Å². The van der Waals surface area contributed by atoms with E-state index in [1.165, 1.54) is 25.0 Å². The summed E-state index contributed by atoms with van der Waals surface area (Å²) in [5.74, 6) is 0. The van der Waals surface area contributed by atoms with Crippen molar-refractivity contribution in [3.63, 3.8) is 0 Å². The Morgan fingerprint density at radius 1 is 1.10 bits per heavy atom. The van der Waals surface area contributed by atoms with Gasteiger partial charge < -0.3 is 5.32 Å². The van der Waals surface area contributed by atoms with E-state index < -0.39 is 11.7 Å². The van der Waals surface area contributed by atoms with Gasteiger partial charge in [-0.2, -0.15) is 13.2 Å². The Balaban J connectivity index is 2.35. The van der Waals surface area contributed by atoms with Crippen molar-refractivity contribution >= 4 is 0 Å². The van der Waals surface area contributed by atoms with Gasteiger partial charge in [-0.25, -0.2) is 0 Å². The molecule has 0 aromatic heterocycles. The van der Waals surface area contributed by atoms with Crippen molar-refractivity contribution in [2.45, 2.75) is 57.0 Å². The standard InChI is InChI=1S/C17H24F3N/c1-2-21-13-16(10-5-3-4-6-11-16)14-8-7-9-15(12-14)17(18,19)20/h7-9,12,21H,2-6,10-11,13H2,1H3. The lowest BCUT2D eigenvalue weighted by molar-refractivity contribution is -0.137. The Morgan fingerprint density at radius 2 is 1.76 bits per heavy atom. The number of rotatable bonds is 4. The highest BCUT2D eigenvalue weighted by Gasteiger charge is 2.36. The Kier molecular flexibility index (Phi) is 5.31. The number of likely N-dealkylation sites (N-methyl/N-ethyl adjacent to an activating group) is 1. The summed E-state index contributed by atoms with van der Waals surface area (Å²) >= 11 is 0. The first-order chi connectivity index (χ1) is 9.98. The van der Waals surface area contributed by atoms with E-state index in [9.17, 15) is 13.2 Å². The first kappa shape index (κ1) is 16.3. The summed E-state index contributed by atoms with van der Waals surface area (Å²) in [6.07, 6.45) is 2.26. The molecular formula is C17H24F3N. The highest BCUT2D eigenvalue weighted by molar-refractivity contribution is 5.32. The Labute approximate surface area is 124 Å². The maximum Gasteiger partial charge on any atom is 0.416 e. The molecule has 0 spiro atoms. The molecule has 1 N–H and O–H groups in total. The molecule has 1 aliphatic carbocycles. The van der Waals surface area contributed by atoms with Crippen LogP contribution in [0.15, 0.2) is 24.3 Å². The zero-order valence-corrected chi connectivity index (χ0v) is 12.6. The molecule has 0 radical (unpaired) electrons. The number of hydrogen-bond donors (Lipinski definition) is 1. The van der Waals surface area contributed by atoms with E-state index in [2.05, 4.69) is 5.32 Å². The summed E-state index contributed by atoms with van der Waals surface area (Å²) in [5, 5.41) is 3.36. The van der Waals surface area contributed by atoms with Gasteiger partial charge in [0, 0.05) is 12.0 Å². The number of nitrogens with one attached hydrogen (secondary N) is 1. The molecule has 1 aromatic rings. The van der Waals surface area contributed by atoms with Crippen LogP contribution in [0, 0.1) is 0 Å². The van der Waals surface area contributed by atoms with E-state index in [1.807, 2.05) is 13.0 Å². The van der Waals surface area contributed by atoms with Crippen molar-refractivity contribution in [2.24, 2.45) is 0 Å². The molecule has 0 saturated heterocycles. The molecule has 21 heavy (non-hydrogen) atoms. The fraction of sp³-hybridized carbons (Fsp3) is 0.647. The fourth-order valence-electron chi connectivity index (χ4n) is 3.36. The van der Waals surface area contributed by atoms with Gasteiger partial charge in [-0.3, -0.25) is 0 Å². The Hall–Kier alpha value is -1.03. The van der Waals surface area contributed by atoms with E-state index in [1.54, 1.807) is 6.07 Å². The molecule has 0 bridgehead atoms. The minimum Gasteiger partial charge on any atom is -0.316 e. The van der Waals surface area contributed by atoms with Crippen LogP contribution in [0.5, 0.6) is 0 Å². The molecule has 1 aromatic carbocycles.